The molecule has 2 unspecified atom stereocenters. The molecule has 14 heavy (non-hydrogen) atoms. The molecule has 1 N–H and O–H groups in total. The lowest BCUT2D eigenvalue weighted by atomic mass is 10.1. The van der Waals surface area contributed by atoms with Crippen LogP contribution in [0.3, 0.4) is 0 Å². The van der Waals surface area contributed by atoms with E-state index in [1.54, 1.807) is 6.07 Å². The van der Waals surface area contributed by atoms with Gasteiger partial charge in [-0.2, -0.15) is 0 Å². The third kappa shape index (κ3) is 2.64. The van der Waals surface area contributed by atoms with Crippen LogP contribution < -0.4 is 5.32 Å². The van der Waals surface area contributed by atoms with Crippen molar-refractivity contribution < 1.29 is 9.15 Å². The molecule has 1 aliphatic rings. The Labute approximate surface area is 94.2 Å². The molecule has 0 aromatic carbocycles. The summed E-state index contributed by atoms with van der Waals surface area (Å²) in [7, 11) is 0. The minimum Gasteiger partial charge on any atom is -0.445 e. The molecule has 80 valence electrons. The number of nitrogens with one attached hydrogen (secondary N) is 1. The Morgan fingerprint density at radius 3 is 2.79 bits per heavy atom. The molecule has 0 radical (unpaired) electrons. The maximum atomic E-state index is 5.66. The van der Waals surface area contributed by atoms with Crippen molar-refractivity contribution in [3.05, 3.63) is 23.1 Å². The second-order valence-corrected chi connectivity index (χ2v) is 3.74. The molecule has 0 saturated carbocycles. The van der Waals surface area contributed by atoms with Gasteiger partial charge in [-0.1, -0.05) is 6.92 Å². The van der Waals surface area contributed by atoms with Crippen LogP contribution >= 0.6 is 24.0 Å². The maximum absolute atomic E-state index is 5.66. The van der Waals surface area contributed by atoms with Crippen molar-refractivity contribution in [1.29, 1.82) is 0 Å². The first-order chi connectivity index (χ1) is 6.25. The highest BCUT2D eigenvalue weighted by atomic mass is 35.5. The van der Waals surface area contributed by atoms with Crippen LogP contribution in [0.2, 0.25) is 5.22 Å². The molecular formula is C9H13Cl2NO2. The summed E-state index contributed by atoms with van der Waals surface area (Å²) in [5.74, 6) is 1.30. The zero-order chi connectivity index (χ0) is 9.26. The second-order valence-electron chi connectivity index (χ2n) is 3.37. The molecule has 1 aromatic rings. The lowest BCUT2D eigenvalue weighted by molar-refractivity contribution is -0.0367. The van der Waals surface area contributed by atoms with Gasteiger partial charge >= 0.3 is 0 Å². The lowest BCUT2D eigenvalue weighted by Crippen LogP contribution is -2.36. The Bertz CT molecular complexity index is 282. The van der Waals surface area contributed by atoms with Gasteiger partial charge in [-0.05, 0) is 29.7 Å². The van der Waals surface area contributed by atoms with Gasteiger partial charge in [0.25, 0.3) is 0 Å². The Morgan fingerprint density at radius 1 is 1.50 bits per heavy atom. The minimum atomic E-state index is -0.135. The molecular weight excluding hydrogens is 225 g/mol. The van der Waals surface area contributed by atoms with Crippen LogP contribution in [0.1, 0.15) is 18.9 Å². The van der Waals surface area contributed by atoms with E-state index < -0.39 is 0 Å². The maximum Gasteiger partial charge on any atom is 0.193 e. The highest BCUT2D eigenvalue weighted by molar-refractivity contribution is 6.28. The van der Waals surface area contributed by atoms with Crippen molar-refractivity contribution in [2.75, 3.05) is 13.2 Å². The highest BCUT2D eigenvalue weighted by Gasteiger charge is 2.21. The van der Waals surface area contributed by atoms with Gasteiger partial charge in [-0.25, -0.2) is 0 Å². The first kappa shape index (κ1) is 11.9. The molecule has 1 saturated heterocycles. The molecule has 3 nitrogen and oxygen atoms in total. The zero-order valence-corrected chi connectivity index (χ0v) is 9.40. The molecule has 2 rings (SSSR count). The topological polar surface area (TPSA) is 34.4 Å². The van der Waals surface area contributed by atoms with Gasteiger partial charge in [0.05, 0.1) is 6.61 Å². The fraction of sp³-hybridized carbons (Fsp3) is 0.556. The summed E-state index contributed by atoms with van der Waals surface area (Å²) in [5.41, 5.74) is 0. The number of hydrogen-bond donors (Lipinski definition) is 1. The molecule has 1 aromatic heterocycles. The van der Waals surface area contributed by atoms with Crippen molar-refractivity contribution in [2.24, 2.45) is 5.92 Å². The van der Waals surface area contributed by atoms with Crippen LogP contribution in [0, 0.1) is 5.92 Å². The molecule has 0 aliphatic carbocycles. The zero-order valence-electron chi connectivity index (χ0n) is 7.83. The Hall–Kier alpha value is -0.220. The highest BCUT2D eigenvalue weighted by Crippen LogP contribution is 2.23. The number of rotatable bonds is 1. The monoisotopic (exact) mass is 237 g/mol. The normalized spacial score (nSPS) is 27.0. The summed E-state index contributed by atoms with van der Waals surface area (Å²) in [6.07, 6.45) is -0.135. The van der Waals surface area contributed by atoms with Crippen molar-refractivity contribution in [2.45, 2.75) is 13.2 Å². The minimum absolute atomic E-state index is 0. The first-order valence-electron chi connectivity index (χ1n) is 4.36. The van der Waals surface area contributed by atoms with E-state index >= 15 is 0 Å². The van der Waals surface area contributed by atoms with Crippen LogP contribution in [0.15, 0.2) is 16.5 Å². The lowest BCUT2D eigenvalue weighted by Gasteiger charge is -2.26. The average molecular weight is 238 g/mol. The SMILES string of the molecule is CC1CNC(c2ccc(Cl)o2)OC1.Cl. The quantitative estimate of drug-likeness (QED) is 0.816. The van der Waals surface area contributed by atoms with Gasteiger partial charge in [0.2, 0.25) is 0 Å². The van der Waals surface area contributed by atoms with Gasteiger partial charge < -0.3 is 9.15 Å². The average Bonchev–Trinajstić information content (AvgIpc) is 2.53. The van der Waals surface area contributed by atoms with Gasteiger partial charge in [0.1, 0.15) is 5.76 Å². The van der Waals surface area contributed by atoms with Crippen molar-refractivity contribution >= 4 is 24.0 Å². The summed E-state index contributed by atoms with van der Waals surface area (Å²) in [5, 5.41) is 3.63. The van der Waals surface area contributed by atoms with E-state index in [4.69, 9.17) is 20.8 Å². The van der Waals surface area contributed by atoms with E-state index in [1.807, 2.05) is 6.07 Å². The van der Waals surface area contributed by atoms with E-state index in [9.17, 15) is 0 Å². The van der Waals surface area contributed by atoms with Gasteiger partial charge in [0.15, 0.2) is 11.4 Å². The molecule has 0 amide bonds. The first-order valence-corrected chi connectivity index (χ1v) is 4.74. The van der Waals surface area contributed by atoms with E-state index in [0.717, 1.165) is 18.9 Å². The van der Waals surface area contributed by atoms with Crippen LogP contribution in [0.25, 0.3) is 0 Å². The summed E-state index contributed by atoms with van der Waals surface area (Å²) in [4.78, 5) is 0. The van der Waals surface area contributed by atoms with E-state index in [-0.39, 0.29) is 18.6 Å². The number of hydrogen-bond acceptors (Lipinski definition) is 3. The van der Waals surface area contributed by atoms with Crippen LogP contribution in [0.4, 0.5) is 0 Å². The molecule has 2 heterocycles. The molecule has 5 heteroatoms. The molecule has 0 spiro atoms. The van der Waals surface area contributed by atoms with Crippen molar-refractivity contribution in [1.82, 2.24) is 5.32 Å². The Morgan fingerprint density at radius 2 is 2.29 bits per heavy atom. The van der Waals surface area contributed by atoms with Crippen molar-refractivity contribution in [3.63, 3.8) is 0 Å². The van der Waals surface area contributed by atoms with Gasteiger partial charge in [0, 0.05) is 6.54 Å². The van der Waals surface area contributed by atoms with E-state index in [2.05, 4.69) is 12.2 Å². The standard InChI is InChI=1S/C9H12ClNO2.ClH/c1-6-4-11-9(12-5-6)7-2-3-8(10)13-7;/h2-3,6,9,11H,4-5H2,1H3;1H. The van der Waals surface area contributed by atoms with E-state index in [0.29, 0.717) is 11.1 Å². The molecule has 0 bridgehead atoms. The summed E-state index contributed by atoms with van der Waals surface area (Å²) in [6.45, 7) is 3.84. The van der Waals surface area contributed by atoms with E-state index in [1.165, 1.54) is 0 Å². The molecule has 1 aliphatic heterocycles. The largest absolute Gasteiger partial charge is 0.445 e. The van der Waals surface area contributed by atoms with Gasteiger partial charge in [-0.3, -0.25) is 5.32 Å². The van der Waals surface area contributed by atoms with Gasteiger partial charge in [-0.15, -0.1) is 12.4 Å². The second kappa shape index (κ2) is 5.03. The third-order valence-electron chi connectivity index (χ3n) is 2.05. The number of ether oxygens (including phenoxy) is 1. The fourth-order valence-corrected chi connectivity index (χ4v) is 1.49. The molecule has 1 fully saturated rings. The van der Waals surface area contributed by atoms with Crippen LogP contribution in [-0.2, 0) is 4.74 Å². The summed E-state index contributed by atoms with van der Waals surface area (Å²) in [6, 6.07) is 3.55. The smallest absolute Gasteiger partial charge is 0.193 e. The third-order valence-corrected chi connectivity index (χ3v) is 2.25. The Kier molecular flexibility index (Phi) is 4.26. The number of furan rings is 1. The van der Waals surface area contributed by atoms with Crippen LogP contribution in [-0.4, -0.2) is 13.2 Å². The summed E-state index contributed by atoms with van der Waals surface area (Å²) < 4.78 is 10.8. The predicted molar refractivity (Wildman–Crippen MR) is 56.8 cm³/mol. The van der Waals surface area contributed by atoms with Crippen molar-refractivity contribution in [3.8, 4) is 0 Å². The predicted octanol–water partition coefficient (Wildman–Crippen LogP) is 2.61. The summed E-state index contributed by atoms with van der Waals surface area (Å²) >= 11 is 5.66. The molecule has 2 atom stereocenters. The fourth-order valence-electron chi connectivity index (χ4n) is 1.34. The number of halogens is 2. The van der Waals surface area contributed by atoms with Crippen LogP contribution in [0.5, 0.6) is 0 Å². The Balaban J connectivity index is 0.000000980.